The molecule has 0 aliphatic carbocycles. The number of carbonyl (C=O) groups is 3. The molecule has 0 aromatic heterocycles. The normalized spacial score (nSPS) is 15.9. The highest BCUT2D eigenvalue weighted by atomic mass is 16.5. The van der Waals surface area contributed by atoms with Gasteiger partial charge < -0.3 is 24.8 Å². The van der Waals surface area contributed by atoms with Crippen LogP contribution in [0.15, 0.2) is 110 Å². The lowest BCUT2D eigenvalue weighted by Crippen LogP contribution is -2.45. The average molecular weight is 667 g/mol. The van der Waals surface area contributed by atoms with Crippen LogP contribution in [-0.4, -0.2) is 59.6 Å². The van der Waals surface area contributed by atoms with Gasteiger partial charge in [0.05, 0.1) is 30.5 Å². The zero-order valence-electron chi connectivity index (χ0n) is 28.4. The van der Waals surface area contributed by atoms with Crippen molar-refractivity contribution in [2.24, 2.45) is 11.8 Å². The molecule has 4 atom stereocenters. The number of carbonyl (C=O) groups excluding carboxylic acids is 3. The molecular formula is C41H50N2O6. The van der Waals surface area contributed by atoms with Gasteiger partial charge in [-0.3, -0.25) is 14.4 Å². The molecule has 1 saturated heterocycles. The van der Waals surface area contributed by atoms with Gasteiger partial charge in [-0.05, 0) is 73.8 Å². The summed E-state index contributed by atoms with van der Waals surface area (Å²) < 4.78 is 11.7. The maximum Gasteiger partial charge on any atom is 0.309 e. The summed E-state index contributed by atoms with van der Waals surface area (Å²) in [5.74, 6) is -0.891. The number of likely N-dealkylation sites (tertiary alicyclic amines) is 1. The standard InChI is InChI=1S/C41H50N2O6/c1-3-5-18-35(25-31-14-8-6-9-15-31)41(47)49-30-37-19-12-24-43(37)40(46)34(13-4-2)27-39(45)42-36(28-44)26-32-20-22-38(23-21-32)48-29-33-16-10-7-11-17-33/h3-4,6-11,14-17,20-23,34-37,44H,1-2,5,12-13,18-19,24-30H2,(H,42,45). The van der Waals surface area contributed by atoms with E-state index in [1.165, 1.54) is 0 Å². The predicted molar refractivity (Wildman–Crippen MR) is 192 cm³/mol. The summed E-state index contributed by atoms with van der Waals surface area (Å²) in [5, 5.41) is 13.0. The zero-order chi connectivity index (χ0) is 34.8. The zero-order valence-corrected chi connectivity index (χ0v) is 28.4. The lowest BCUT2D eigenvalue weighted by molar-refractivity contribution is -0.152. The molecule has 0 saturated carbocycles. The highest BCUT2D eigenvalue weighted by Crippen LogP contribution is 2.25. The van der Waals surface area contributed by atoms with Crippen LogP contribution in [-0.2, 0) is 38.6 Å². The van der Waals surface area contributed by atoms with Crippen LogP contribution in [0.3, 0.4) is 0 Å². The van der Waals surface area contributed by atoms with Gasteiger partial charge in [0.1, 0.15) is 19.0 Å². The monoisotopic (exact) mass is 666 g/mol. The maximum absolute atomic E-state index is 13.7. The molecule has 49 heavy (non-hydrogen) atoms. The maximum atomic E-state index is 13.7. The molecule has 4 rings (SSSR count). The molecule has 8 nitrogen and oxygen atoms in total. The molecule has 1 aliphatic rings. The van der Waals surface area contributed by atoms with Crippen molar-refractivity contribution < 1.29 is 29.0 Å². The summed E-state index contributed by atoms with van der Waals surface area (Å²) in [4.78, 5) is 41.9. The summed E-state index contributed by atoms with van der Waals surface area (Å²) in [6.45, 7) is 8.51. The fraction of sp³-hybridized carbons (Fsp3) is 0.390. The van der Waals surface area contributed by atoms with E-state index in [-0.39, 0.29) is 49.4 Å². The van der Waals surface area contributed by atoms with Crippen LogP contribution in [0.2, 0.25) is 0 Å². The number of benzene rings is 3. The molecular weight excluding hydrogens is 616 g/mol. The number of nitrogens with one attached hydrogen (secondary N) is 1. The second-order valence-corrected chi connectivity index (χ2v) is 12.7. The molecule has 2 amide bonds. The Morgan fingerprint density at radius 2 is 1.55 bits per heavy atom. The van der Waals surface area contributed by atoms with E-state index in [2.05, 4.69) is 18.5 Å². The van der Waals surface area contributed by atoms with Crippen molar-refractivity contribution in [2.45, 2.75) is 70.1 Å². The number of amides is 2. The minimum atomic E-state index is -0.604. The molecule has 2 N–H and O–H groups in total. The molecule has 3 aromatic rings. The van der Waals surface area contributed by atoms with Crippen molar-refractivity contribution in [3.05, 3.63) is 127 Å². The Labute approximate surface area is 290 Å². The molecule has 260 valence electrons. The van der Waals surface area contributed by atoms with Crippen molar-refractivity contribution >= 4 is 17.8 Å². The van der Waals surface area contributed by atoms with Gasteiger partial charge in [-0.2, -0.15) is 0 Å². The number of hydrogen-bond donors (Lipinski definition) is 2. The first kappa shape index (κ1) is 37.1. The minimum absolute atomic E-state index is 0.0304. The third-order valence-electron chi connectivity index (χ3n) is 8.93. The van der Waals surface area contributed by atoms with E-state index < -0.39 is 12.0 Å². The predicted octanol–water partition coefficient (Wildman–Crippen LogP) is 6.23. The topological polar surface area (TPSA) is 105 Å². The van der Waals surface area contributed by atoms with Crippen molar-refractivity contribution in [1.29, 1.82) is 0 Å². The second-order valence-electron chi connectivity index (χ2n) is 12.7. The third kappa shape index (κ3) is 12.1. The van der Waals surface area contributed by atoms with E-state index in [4.69, 9.17) is 9.47 Å². The fourth-order valence-electron chi connectivity index (χ4n) is 6.24. The Morgan fingerprint density at radius 1 is 0.878 bits per heavy atom. The van der Waals surface area contributed by atoms with Gasteiger partial charge in [0.15, 0.2) is 0 Å². The summed E-state index contributed by atoms with van der Waals surface area (Å²) >= 11 is 0. The third-order valence-corrected chi connectivity index (χ3v) is 8.93. The van der Waals surface area contributed by atoms with Gasteiger partial charge in [-0.15, -0.1) is 13.2 Å². The van der Waals surface area contributed by atoms with E-state index in [1.807, 2.05) is 91.0 Å². The van der Waals surface area contributed by atoms with Crippen LogP contribution in [0.1, 0.15) is 55.2 Å². The number of rotatable bonds is 20. The number of aliphatic hydroxyl groups excluding tert-OH is 1. The van der Waals surface area contributed by atoms with Gasteiger partial charge in [0.2, 0.25) is 11.8 Å². The van der Waals surface area contributed by atoms with Gasteiger partial charge >= 0.3 is 5.97 Å². The van der Waals surface area contributed by atoms with Crippen molar-refractivity contribution in [1.82, 2.24) is 10.2 Å². The van der Waals surface area contributed by atoms with Gasteiger partial charge in [-0.1, -0.05) is 84.9 Å². The van der Waals surface area contributed by atoms with E-state index in [0.717, 1.165) is 35.3 Å². The number of hydrogen-bond acceptors (Lipinski definition) is 6. The first-order valence-electron chi connectivity index (χ1n) is 17.3. The molecule has 0 spiro atoms. The van der Waals surface area contributed by atoms with E-state index >= 15 is 0 Å². The van der Waals surface area contributed by atoms with Crippen LogP contribution in [0.25, 0.3) is 0 Å². The summed E-state index contributed by atoms with van der Waals surface area (Å²) in [6.07, 6.45) is 7.66. The SMILES string of the molecule is C=CCCC(Cc1ccccc1)C(=O)OCC1CCCN1C(=O)C(CC=C)CC(=O)NC(CO)Cc1ccc(OCc2ccccc2)cc1. The molecule has 1 aliphatic heterocycles. The lowest BCUT2D eigenvalue weighted by atomic mass is 9.95. The second kappa shape index (κ2) is 20.0. The van der Waals surface area contributed by atoms with Crippen LogP contribution in [0.4, 0.5) is 0 Å². The first-order valence-corrected chi connectivity index (χ1v) is 17.3. The van der Waals surface area contributed by atoms with E-state index in [9.17, 15) is 19.5 Å². The van der Waals surface area contributed by atoms with E-state index in [1.54, 1.807) is 11.0 Å². The van der Waals surface area contributed by atoms with E-state index in [0.29, 0.717) is 45.3 Å². The Hall–Kier alpha value is -4.69. The Morgan fingerprint density at radius 3 is 2.20 bits per heavy atom. The van der Waals surface area contributed by atoms with Gasteiger partial charge in [0.25, 0.3) is 0 Å². The summed E-state index contributed by atoms with van der Waals surface area (Å²) in [7, 11) is 0. The Balaban J connectivity index is 1.28. The number of ether oxygens (including phenoxy) is 2. The fourth-order valence-corrected chi connectivity index (χ4v) is 6.24. The number of aliphatic hydroxyl groups is 1. The van der Waals surface area contributed by atoms with Crippen LogP contribution in [0, 0.1) is 11.8 Å². The number of nitrogens with zero attached hydrogens (tertiary/aromatic N) is 1. The average Bonchev–Trinajstić information content (AvgIpc) is 3.61. The molecule has 1 heterocycles. The number of esters is 1. The van der Waals surface area contributed by atoms with Gasteiger partial charge in [0, 0.05) is 13.0 Å². The molecule has 3 aromatic carbocycles. The smallest absolute Gasteiger partial charge is 0.309 e. The molecule has 0 bridgehead atoms. The van der Waals surface area contributed by atoms with Gasteiger partial charge in [-0.25, -0.2) is 0 Å². The van der Waals surface area contributed by atoms with Crippen molar-refractivity contribution in [2.75, 3.05) is 19.8 Å². The first-order chi connectivity index (χ1) is 23.9. The number of allylic oxidation sites excluding steroid dienone is 2. The van der Waals surface area contributed by atoms with Crippen LogP contribution < -0.4 is 10.1 Å². The van der Waals surface area contributed by atoms with Crippen molar-refractivity contribution in [3.8, 4) is 5.75 Å². The Bertz CT molecular complexity index is 1480. The minimum Gasteiger partial charge on any atom is -0.489 e. The van der Waals surface area contributed by atoms with Crippen molar-refractivity contribution in [3.63, 3.8) is 0 Å². The molecule has 8 heteroatoms. The molecule has 4 unspecified atom stereocenters. The summed E-state index contributed by atoms with van der Waals surface area (Å²) in [6, 6.07) is 26.6. The van der Waals surface area contributed by atoms with Crippen LogP contribution in [0.5, 0.6) is 5.75 Å². The van der Waals surface area contributed by atoms with Crippen LogP contribution >= 0.6 is 0 Å². The highest BCUT2D eigenvalue weighted by molar-refractivity contribution is 5.86. The molecule has 0 radical (unpaired) electrons. The summed E-state index contributed by atoms with van der Waals surface area (Å²) in [5.41, 5.74) is 3.09. The molecule has 1 fully saturated rings. The Kier molecular flexibility index (Phi) is 15.1. The highest BCUT2D eigenvalue weighted by Gasteiger charge is 2.35. The lowest BCUT2D eigenvalue weighted by Gasteiger charge is -2.29. The largest absolute Gasteiger partial charge is 0.489 e. The quantitative estimate of drug-likeness (QED) is 0.110.